The van der Waals surface area contributed by atoms with Crippen molar-refractivity contribution in [1.82, 2.24) is 5.32 Å². The third kappa shape index (κ3) is 5.09. The third-order valence-corrected chi connectivity index (χ3v) is 2.97. The van der Waals surface area contributed by atoms with Crippen LogP contribution in [0.3, 0.4) is 0 Å². The molecule has 0 saturated heterocycles. The number of nitrogens with one attached hydrogen (secondary N) is 1. The summed E-state index contributed by atoms with van der Waals surface area (Å²) in [6.07, 6.45) is 2.67. The first kappa shape index (κ1) is 15.2. The van der Waals surface area contributed by atoms with Gasteiger partial charge in [-0.25, -0.2) is 0 Å². The molecule has 0 aromatic heterocycles. The standard InChI is InChI=1S/C14H21N3O2/c1-2-12(15)7-4-8-17-14(19)11-6-3-5-10(9-11)13(16)18/h3,5-6,9,12H,2,4,7-8,15H2,1H3,(H2,16,18)(H,17,19). The molecule has 5 nitrogen and oxygen atoms in total. The van der Waals surface area contributed by atoms with Crippen LogP contribution in [0, 0.1) is 0 Å². The number of carbonyl (C=O) groups is 2. The van der Waals surface area contributed by atoms with Crippen molar-refractivity contribution >= 4 is 11.8 Å². The topological polar surface area (TPSA) is 98.2 Å². The number of benzene rings is 1. The van der Waals surface area contributed by atoms with E-state index in [0.717, 1.165) is 19.3 Å². The summed E-state index contributed by atoms with van der Waals surface area (Å²) in [5, 5.41) is 2.80. The highest BCUT2D eigenvalue weighted by Gasteiger charge is 2.08. The van der Waals surface area contributed by atoms with Gasteiger partial charge in [0.15, 0.2) is 0 Å². The van der Waals surface area contributed by atoms with Crippen molar-refractivity contribution in [1.29, 1.82) is 0 Å². The van der Waals surface area contributed by atoms with Crippen LogP contribution in [-0.2, 0) is 0 Å². The summed E-state index contributed by atoms with van der Waals surface area (Å²) in [4.78, 5) is 22.9. The molecule has 0 aliphatic rings. The van der Waals surface area contributed by atoms with E-state index in [1.54, 1.807) is 18.2 Å². The molecule has 2 amide bonds. The van der Waals surface area contributed by atoms with Crippen molar-refractivity contribution in [2.24, 2.45) is 11.5 Å². The normalized spacial score (nSPS) is 11.9. The van der Waals surface area contributed by atoms with Crippen LogP contribution in [0.5, 0.6) is 0 Å². The minimum atomic E-state index is -0.538. The molecule has 0 aliphatic carbocycles. The first-order valence-corrected chi connectivity index (χ1v) is 6.48. The smallest absolute Gasteiger partial charge is 0.251 e. The van der Waals surface area contributed by atoms with Gasteiger partial charge in [-0.1, -0.05) is 13.0 Å². The van der Waals surface area contributed by atoms with Gasteiger partial charge in [-0.15, -0.1) is 0 Å². The number of nitrogens with two attached hydrogens (primary N) is 2. The van der Waals surface area contributed by atoms with Crippen LogP contribution in [0.15, 0.2) is 24.3 Å². The Morgan fingerprint density at radius 3 is 2.63 bits per heavy atom. The van der Waals surface area contributed by atoms with Gasteiger partial charge >= 0.3 is 0 Å². The van der Waals surface area contributed by atoms with Crippen molar-refractivity contribution in [3.05, 3.63) is 35.4 Å². The van der Waals surface area contributed by atoms with Crippen molar-refractivity contribution in [2.75, 3.05) is 6.54 Å². The molecule has 1 atom stereocenters. The van der Waals surface area contributed by atoms with Gasteiger partial charge in [0, 0.05) is 23.7 Å². The molecular formula is C14H21N3O2. The van der Waals surface area contributed by atoms with Crippen LogP contribution < -0.4 is 16.8 Å². The summed E-state index contributed by atoms with van der Waals surface area (Å²) in [7, 11) is 0. The lowest BCUT2D eigenvalue weighted by atomic mass is 10.1. The Balaban J connectivity index is 2.45. The van der Waals surface area contributed by atoms with Crippen molar-refractivity contribution < 1.29 is 9.59 Å². The second-order valence-electron chi connectivity index (χ2n) is 4.51. The monoisotopic (exact) mass is 263 g/mol. The summed E-state index contributed by atoms with van der Waals surface area (Å²) in [6.45, 7) is 2.62. The third-order valence-electron chi connectivity index (χ3n) is 2.97. The van der Waals surface area contributed by atoms with E-state index in [0.29, 0.717) is 17.7 Å². The molecule has 5 heteroatoms. The number of primary amides is 1. The number of hydrogen-bond acceptors (Lipinski definition) is 3. The average molecular weight is 263 g/mol. The summed E-state index contributed by atoms with van der Waals surface area (Å²) >= 11 is 0. The summed E-state index contributed by atoms with van der Waals surface area (Å²) in [5.74, 6) is -0.739. The van der Waals surface area contributed by atoms with Crippen molar-refractivity contribution in [3.8, 4) is 0 Å². The Hall–Kier alpha value is -1.88. The van der Waals surface area contributed by atoms with Crippen LogP contribution in [0.1, 0.15) is 46.9 Å². The molecule has 5 N–H and O–H groups in total. The average Bonchev–Trinajstić information content (AvgIpc) is 2.43. The van der Waals surface area contributed by atoms with Gasteiger partial charge in [0.05, 0.1) is 0 Å². The van der Waals surface area contributed by atoms with E-state index >= 15 is 0 Å². The number of rotatable bonds is 7. The zero-order chi connectivity index (χ0) is 14.3. The van der Waals surface area contributed by atoms with Gasteiger partial charge in [0.25, 0.3) is 5.91 Å². The summed E-state index contributed by atoms with van der Waals surface area (Å²) < 4.78 is 0. The second kappa shape index (κ2) is 7.53. The van der Waals surface area contributed by atoms with Gasteiger partial charge in [0.2, 0.25) is 5.91 Å². The molecular weight excluding hydrogens is 242 g/mol. The van der Waals surface area contributed by atoms with E-state index in [2.05, 4.69) is 5.32 Å². The fourth-order valence-corrected chi connectivity index (χ4v) is 1.69. The maximum atomic E-state index is 11.8. The summed E-state index contributed by atoms with van der Waals surface area (Å²) in [5.41, 5.74) is 11.7. The molecule has 1 aromatic rings. The van der Waals surface area contributed by atoms with E-state index in [9.17, 15) is 9.59 Å². The molecule has 19 heavy (non-hydrogen) atoms. The quantitative estimate of drug-likeness (QED) is 0.641. The highest BCUT2D eigenvalue weighted by Crippen LogP contribution is 2.05. The minimum absolute atomic E-state index is 0.190. The predicted molar refractivity (Wildman–Crippen MR) is 74.8 cm³/mol. The molecule has 0 radical (unpaired) electrons. The lowest BCUT2D eigenvalue weighted by Gasteiger charge is -2.09. The molecule has 0 fully saturated rings. The number of hydrogen-bond donors (Lipinski definition) is 3. The van der Waals surface area contributed by atoms with Crippen LogP contribution in [-0.4, -0.2) is 24.4 Å². The first-order chi connectivity index (χ1) is 9.04. The summed E-state index contributed by atoms with van der Waals surface area (Å²) in [6, 6.07) is 6.56. The van der Waals surface area contributed by atoms with Crippen LogP contribution in [0.25, 0.3) is 0 Å². The highest BCUT2D eigenvalue weighted by atomic mass is 16.2. The number of carbonyl (C=O) groups excluding carboxylic acids is 2. The van der Waals surface area contributed by atoms with E-state index in [-0.39, 0.29) is 11.9 Å². The van der Waals surface area contributed by atoms with Crippen LogP contribution in [0.2, 0.25) is 0 Å². The molecule has 1 unspecified atom stereocenters. The molecule has 0 aliphatic heterocycles. The number of amides is 2. The Labute approximate surface area is 113 Å². The first-order valence-electron chi connectivity index (χ1n) is 6.48. The van der Waals surface area contributed by atoms with Crippen molar-refractivity contribution in [2.45, 2.75) is 32.2 Å². The second-order valence-corrected chi connectivity index (χ2v) is 4.51. The maximum absolute atomic E-state index is 11.8. The minimum Gasteiger partial charge on any atom is -0.366 e. The zero-order valence-corrected chi connectivity index (χ0v) is 11.2. The van der Waals surface area contributed by atoms with Gasteiger partial charge in [0.1, 0.15) is 0 Å². The van der Waals surface area contributed by atoms with E-state index < -0.39 is 5.91 Å². The molecule has 1 aromatic carbocycles. The van der Waals surface area contributed by atoms with E-state index in [1.807, 2.05) is 6.92 Å². The van der Waals surface area contributed by atoms with Gasteiger partial charge in [-0.05, 0) is 37.5 Å². The lowest BCUT2D eigenvalue weighted by Crippen LogP contribution is -2.27. The van der Waals surface area contributed by atoms with Gasteiger partial charge in [-0.3, -0.25) is 9.59 Å². The van der Waals surface area contributed by atoms with Crippen molar-refractivity contribution in [3.63, 3.8) is 0 Å². The van der Waals surface area contributed by atoms with E-state index in [1.165, 1.54) is 6.07 Å². The van der Waals surface area contributed by atoms with Gasteiger partial charge in [-0.2, -0.15) is 0 Å². The Morgan fingerprint density at radius 2 is 2.00 bits per heavy atom. The zero-order valence-electron chi connectivity index (χ0n) is 11.2. The fourth-order valence-electron chi connectivity index (χ4n) is 1.69. The Bertz CT molecular complexity index is 446. The molecule has 104 valence electrons. The molecule has 1 rings (SSSR count). The largest absolute Gasteiger partial charge is 0.366 e. The Morgan fingerprint density at radius 1 is 1.32 bits per heavy atom. The highest BCUT2D eigenvalue weighted by molar-refractivity contribution is 5.99. The fraction of sp³-hybridized carbons (Fsp3) is 0.429. The molecule has 0 spiro atoms. The molecule has 0 bridgehead atoms. The van der Waals surface area contributed by atoms with Gasteiger partial charge < -0.3 is 16.8 Å². The SMILES string of the molecule is CCC(N)CCCNC(=O)c1cccc(C(N)=O)c1. The van der Waals surface area contributed by atoms with Crippen LogP contribution in [0.4, 0.5) is 0 Å². The predicted octanol–water partition coefficient (Wildman–Crippen LogP) is 1.03. The Kier molecular flexibility index (Phi) is 6.02. The molecule has 0 saturated carbocycles. The maximum Gasteiger partial charge on any atom is 0.251 e. The molecule has 0 heterocycles. The van der Waals surface area contributed by atoms with Crippen LogP contribution >= 0.6 is 0 Å². The van der Waals surface area contributed by atoms with E-state index in [4.69, 9.17) is 11.5 Å². The lowest BCUT2D eigenvalue weighted by molar-refractivity contribution is 0.0952.